The third-order valence-electron chi connectivity index (χ3n) is 1.49. The monoisotopic (exact) mass is 150 g/mol. The smallest absolute Gasteiger partial charge is 0.255 e. The molecule has 0 bridgehead atoms. The summed E-state index contributed by atoms with van der Waals surface area (Å²) in [6, 6.07) is 5.02. The Kier molecular flexibility index (Phi) is 2.21. The molecule has 0 aliphatic heterocycles. The van der Waals surface area contributed by atoms with Crippen molar-refractivity contribution in [1.82, 2.24) is 4.57 Å². The molecule has 0 N–H and O–H groups in total. The van der Waals surface area contributed by atoms with E-state index < -0.39 is 0 Å². The van der Waals surface area contributed by atoms with Gasteiger partial charge >= 0.3 is 0 Å². The van der Waals surface area contributed by atoms with Gasteiger partial charge in [-0.05, 0) is 13.0 Å². The number of pyridine rings is 1. The summed E-state index contributed by atoms with van der Waals surface area (Å²) >= 11 is 0. The molecule has 0 radical (unpaired) electrons. The third kappa shape index (κ3) is 1.55. The van der Waals surface area contributed by atoms with Crippen LogP contribution in [0.2, 0.25) is 0 Å². The zero-order chi connectivity index (χ0) is 8.27. The minimum Gasteiger partial charge on any atom is -0.275 e. The molecule has 0 saturated heterocycles. The van der Waals surface area contributed by atoms with Gasteiger partial charge in [0.05, 0.1) is 0 Å². The summed E-state index contributed by atoms with van der Waals surface area (Å²) in [6.07, 6.45) is 1.70. The van der Waals surface area contributed by atoms with Crippen molar-refractivity contribution >= 4 is 5.84 Å². The molecule has 1 heterocycles. The molecular weight excluding hydrogens is 140 g/mol. The summed E-state index contributed by atoms with van der Waals surface area (Å²) in [5.41, 5.74) is -0.0457. The first-order valence-electron chi connectivity index (χ1n) is 3.37. The van der Waals surface area contributed by atoms with Gasteiger partial charge in [-0.3, -0.25) is 14.4 Å². The lowest BCUT2D eigenvalue weighted by molar-refractivity contribution is 1.04. The van der Waals surface area contributed by atoms with Crippen molar-refractivity contribution in [1.29, 1.82) is 0 Å². The van der Waals surface area contributed by atoms with E-state index in [1.807, 2.05) is 0 Å². The van der Waals surface area contributed by atoms with Crippen LogP contribution in [0.3, 0.4) is 0 Å². The topological polar surface area (TPSA) is 34.4 Å². The van der Waals surface area contributed by atoms with Crippen molar-refractivity contribution in [2.45, 2.75) is 6.92 Å². The van der Waals surface area contributed by atoms with Gasteiger partial charge in [-0.15, -0.1) is 0 Å². The van der Waals surface area contributed by atoms with Gasteiger partial charge < -0.3 is 0 Å². The first kappa shape index (κ1) is 7.72. The van der Waals surface area contributed by atoms with Gasteiger partial charge in [0.2, 0.25) is 0 Å². The summed E-state index contributed by atoms with van der Waals surface area (Å²) in [6.45, 7) is 1.79. The Morgan fingerprint density at radius 2 is 2.27 bits per heavy atom. The summed E-state index contributed by atoms with van der Waals surface area (Å²) in [5, 5.41) is 0. The van der Waals surface area contributed by atoms with Crippen molar-refractivity contribution in [3.8, 4) is 0 Å². The first-order valence-corrected chi connectivity index (χ1v) is 3.37. The number of aromatic nitrogens is 1. The summed E-state index contributed by atoms with van der Waals surface area (Å²) in [4.78, 5) is 15.0. The number of hydrogen-bond donors (Lipinski definition) is 0. The quantitative estimate of drug-likeness (QED) is 0.397. The van der Waals surface area contributed by atoms with E-state index in [1.54, 1.807) is 32.3 Å². The lowest BCUT2D eigenvalue weighted by Gasteiger charge is -2.00. The standard InChI is InChI=1S/C8H10N2O/c1-7(9-2)10-6-4-3-5-8(10)11/h3-6H,1-2H3. The van der Waals surface area contributed by atoms with Crippen LogP contribution in [-0.2, 0) is 0 Å². The average Bonchev–Trinajstić information content (AvgIpc) is 2.04. The molecule has 11 heavy (non-hydrogen) atoms. The van der Waals surface area contributed by atoms with Gasteiger partial charge in [0, 0.05) is 19.3 Å². The molecule has 0 aliphatic rings. The number of rotatable bonds is 0. The van der Waals surface area contributed by atoms with Gasteiger partial charge in [0.25, 0.3) is 5.56 Å². The Balaban J connectivity index is 3.25. The summed E-state index contributed by atoms with van der Waals surface area (Å²) in [5.74, 6) is 0.704. The van der Waals surface area contributed by atoms with Crippen molar-refractivity contribution in [2.75, 3.05) is 7.05 Å². The second-order valence-electron chi connectivity index (χ2n) is 2.18. The van der Waals surface area contributed by atoms with E-state index in [1.165, 1.54) is 10.6 Å². The number of nitrogens with zero attached hydrogens (tertiary/aromatic N) is 2. The highest BCUT2D eigenvalue weighted by Gasteiger charge is 1.93. The second-order valence-corrected chi connectivity index (χ2v) is 2.18. The van der Waals surface area contributed by atoms with Crippen molar-refractivity contribution in [2.24, 2.45) is 4.99 Å². The van der Waals surface area contributed by atoms with Gasteiger partial charge in [-0.1, -0.05) is 6.07 Å². The molecule has 1 aromatic heterocycles. The second kappa shape index (κ2) is 3.14. The molecular formula is C8H10N2O. The fraction of sp³-hybridized carbons (Fsp3) is 0.250. The largest absolute Gasteiger partial charge is 0.275 e. The van der Waals surface area contributed by atoms with E-state index in [-0.39, 0.29) is 5.56 Å². The highest BCUT2D eigenvalue weighted by Crippen LogP contribution is 1.82. The predicted octanol–water partition coefficient (Wildman–Crippen LogP) is 0.745. The van der Waals surface area contributed by atoms with Crippen LogP contribution in [0.1, 0.15) is 6.92 Å². The minimum absolute atomic E-state index is 0.0457. The molecule has 0 spiro atoms. The van der Waals surface area contributed by atoms with Crippen molar-refractivity contribution in [3.63, 3.8) is 0 Å². The average molecular weight is 150 g/mol. The minimum atomic E-state index is -0.0457. The van der Waals surface area contributed by atoms with Crippen LogP contribution in [0.25, 0.3) is 0 Å². The maximum absolute atomic E-state index is 11.1. The maximum Gasteiger partial charge on any atom is 0.255 e. The zero-order valence-electron chi connectivity index (χ0n) is 6.61. The van der Waals surface area contributed by atoms with E-state index in [0.717, 1.165) is 0 Å². The third-order valence-corrected chi connectivity index (χ3v) is 1.49. The molecule has 0 fully saturated rings. The van der Waals surface area contributed by atoms with E-state index in [2.05, 4.69) is 4.99 Å². The molecule has 0 saturated carbocycles. The molecule has 0 amide bonds. The number of hydrogen-bond acceptors (Lipinski definition) is 2. The Morgan fingerprint density at radius 1 is 1.55 bits per heavy atom. The molecule has 1 rings (SSSR count). The molecule has 0 atom stereocenters. The molecule has 0 unspecified atom stereocenters. The van der Waals surface area contributed by atoms with Gasteiger partial charge in [0.1, 0.15) is 5.84 Å². The normalized spacial score (nSPS) is 11.6. The van der Waals surface area contributed by atoms with Crippen LogP contribution in [0.5, 0.6) is 0 Å². The van der Waals surface area contributed by atoms with Crippen LogP contribution < -0.4 is 5.56 Å². The molecule has 1 aromatic rings. The first-order chi connectivity index (χ1) is 5.25. The fourth-order valence-corrected chi connectivity index (χ4v) is 0.802. The Hall–Kier alpha value is -1.38. The maximum atomic E-state index is 11.1. The predicted molar refractivity (Wildman–Crippen MR) is 45.1 cm³/mol. The highest BCUT2D eigenvalue weighted by molar-refractivity contribution is 5.81. The van der Waals surface area contributed by atoms with E-state index >= 15 is 0 Å². The Labute approximate surface area is 65.0 Å². The fourth-order valence-electron chi connectivity index (χ4n) is 0.802. The van der Waals surface area contributed by atoms with E-state index in [9.17, 15) is 4.79 Å². The lowest BCUT2D eigenvalue weighted by Crippen LogP contribution is -2.23. The van der Waals surface area contributed by atoms with Crippen molar-refractivity contribution in [3.05, 3.63) is 34.7 Å². The Bertz CT molecular complexity index is 325. The van der Waals surface area contributed by atoms with Crippen LogP contribution in [-0.4, -0.2) is 17.5 Å². The lowest BCUT2D eigenvalue weighted by atomic mass is 10.4. The summed E-state index contributed by atoms with van der Waals surface area (Å²) < 4.78 is 1.50. The molecule has 3 nitrogen and oxygen atoms in total. The van der Waals surface area contributed by atoms with Crippen LogP contribution in [0.4, 0.5) is 0 Å². The molecule has 0 aliphatic carbocycles. The Morgan fingerprint density at radius 3 is 2.82 bits per heavy atom. The van der Waals surface area contributed by atoms with Crippen LogP contribution in [0.15, 0.2) is 34.2 Å². The van der Waals surface area contributed by atoms with Gasteiger partial charge in [-0.2, -0.15) is 0 Å². The molecule has 3 heteroatoms. The van der Waals surface area contributed by atoms with Gasteiger partial charge in [-0.25, -0.2) is 0 Å². The van der Waals surface area contributed by atoms with Crippen LogP contribution in [0, 0.1) is 0 Å². The number of aliphatic imine (C=N–C) groups is 1. The van der Waals surface area contributed by atoms with E-state index in [0.29, 0.717) is 5.84 Å². The molecule has 0 aromatic carbocycles. The van der Waals surface area contributed by atoms with Crippen molar-refractivity contribution < 1.29 is 0 Å². The van der Waals surface area contributed by atoms with Gasteiger partial charge in [0.15, 0.2) is 0 Å². The zero-order valence-corrected chi connectivity index (χ0v) is 6.61. The summed E-state index contributed by atoms with van der Waals surface area (Å²) in [7, 11) is 1.66. The van der Waals surface area contributed by atoms with E-state index in [4.69, 9.17) is 0 Å². The highest BCUT2D eigenvalue weighted by atomic mass is 16.1. The molecule has 58 valence electrons. The van der Waals surface area contributed by atoms with Crippen LogP contribution >= 0.6 is 0 Å². The SMILES string of the molecule is CN=C(C)n1ccccc1=O.